The van der Waals surface area contributed by atoms with Crippen LogP contribution in [0.5, 0.6) is 0 Å². The standard InChI is InChI=1S/C9H8FNO2/c10-8-3-1-2-6-7(8)4-13-5-9(6)11-12/h1-3,9H,4-5H2. The van der Waals surface area contributed by atoms with Crippen molar-refractivity contribution in [3.8, 4) is 0 Å². The van der Waals surface area contributed by atoms with Crippen LogP contribution in [0.2, 0.25) is 0 Å². The van der Waals surface area contributed by atoms with Crippen molar-refractivity contribution in [2.24, 2.45) is 5.18 Å². The van der Waals surface area contributed by atoms with Gasteiger partial charge in [0.05, 0.1) is 13.2 Å². The summed E-state index contributed by atoms with van der Waals surface area (Å²) >= 11 is 0. The number of halogens is 1. The second-order valence-electron chi connectivity index (χ2n) is 2.94. The summed E-state index contributed by atoms with van der Waals surface area (Å²) in [4.78, 5) is 10.4. The number of ether oxygens (including phenoxy) is 1. The molecule has 4 heteroatoms. The van der Waals surface area contributed by atoms with Gasteiger partial charge in [0.1, 0.15) is 11.9 Å². The first-order chi connectivity index (χ1) is 6.33. The van der Waals surface area contributed by atoms with Gasteiger partial charge in [-0.25, -0.2) is 4.39 Å². The summed E-state index contributed by atoms with van der Waals surface area (Å²) in [5.74, 6) is -0.328. The van der Waals surface area contributed by atoms with E-state index in [1.165, 1.54) is 6.07 Å². The lowest BCUT2D eigenvalue weighted by Gasteiger charge is -2.20. The number of rotatable bonds is 1. The third kappa shape index (κ3) is 1.33. The third-order valence-corrected chi connectivity index (χ3v) is 2.16. The molecule has 0 saturated carbocycles. The average Bonchev–Trinajstić information content (AvgIpc) is 2.18. The summed E-state index contributed by atoms with van der Waals surface area (Å²) in [6.07, 6.45) is 0. The molecule has 2 rings (SSSR count). The molecule has 0 aromatic heterocycles. The molecule has 1 unspecified atom stereocenters. The minimum absolute atomic E-state index is 0.230. The zero-order chi connectivity index (χ0) is 9.26. The molecular formula is C9H8FNO2. The van der Waals surface area contributed by atoms with Crippen molar-refractivity contribution >= 4 is 0 Å². The molecule has 0 saturated heterocycles. The SMILES string of the molecule is O=NC1COCc2c(F)cccc21. The topological polar surface area (TPSA) is 38.7 Å². The lowest BCUT2D eigenvalue weighted by atomic mass is 9.99. The Balaban J connectivity index is 2.51. The Morgan fingerprint density at radius 1 is 1.54 bits per heavy atom. The second-order valence-corrected chi connectivity index (χ2v) is 2.94. The third-order valence-electron chi connectivity index (χ3n) is 2.16. The molecule has 0 fully saturated rings. The number of hydrogen-bond acceptors (Lipinski definition) is 3. The number of nitroso groups, excluding NO2 is 1. The van der Waals surface area contributed by atoms with Gasteiger partial charge in [0.25, 0.3) is 0 Å². The predicted molar refractivity (Wildman–Crippen MR) is 44.6 cm³/mol. The van der Waals surface area contributed by atoms with Gasteiger partial charge in [-0.2, -0.15) is 4.91 Å². The molecule has 3 nitrogen and oxygen atoms in total. The van der Waals surface area contributed by atoms with Crippen LogP contribution in [0.3, 0.4) is 0 Å². The second kappa shape index (κ2) is 3.22. The van der Waals surface area contributed by atoms with Crippen LogP contribution in [0.25, 0.3) is 0 Å². The van der Waals surface area contributed by atoms with E-state index in [0.29, 0.717) is 11.1 Å². The monoisotopic (exact) mass is 181 g/mol. The van der Waals surface area contributed by atoms with Crippen LogP contribution in [0.15, 0.2) is 23.4 Å². The first-order valence-corrected chi connectivity index (χ1v) is 4.00. The Kier molecular flexibility index (Phi) is 2.06. The Morgan fingerprint density at radius 2 is 2.38 bits per heavy atom. The largest absolute Gasteiger partial charge is 0.374 e. The quantitative estimate of drug-likeness (QED) is 0.622. The van der Waals surface area contributed by atoms with E-state index in [0.717, 1.165) is 0 Å². The Labute approximate surface area is 74.5 Å². The van der Waals surface area contributed by atoms with Gasteiger partial charge < -0.3 is 4.74 Å². The molecule has 1 atom stereocenters. The molecule has 0 amide bonds. The molecule has 0 radical (unpaired) electrons. The fourth-order valence-electron chi connectivity index (χ4n) is 1.49. The maximum atomic E-state index is 13.2. The van der Waals surface area contributed by atoms with Crippen molar-refractivity contribution in [2.75, 3.05) is 6.61 Å². The Morgan fingerprint density at radius 3 is 3.15 bits per heavy atom. The van der Waals surface area contributed by atoms with Crippen LogP contribution >= 0.6 is 0 Å². The first-order valence-electron chi connectivity index (χ1n) is 4.00. The molecule has 1 heterocycles. The minimum Gasteiger partial charge on any atom is -0.374 e. The highest BCUT2D eigenvalue weighted by atomic mass is 19.1. The molecule has 0 N–H and O–H groups in total. The van der Waals surface area contributed by atoms with Crippen molar-refractivity contribution < 1.29 is 9.13 Å². The van der Waals surface area contributed by atoms with E-state index in [1.54, 1.807) is 12.1 Å². The molecule has 13 heavy (non-hydrogen) atoms. The van der Waals surface area contributed by atoms with Crippen LogP contribution in [-0.4, -0.2) is 6.61 Å². The van der Waals surface area contributed by atoms with E-state index in [9.17, 15) is 9.30 Å². The minimum atomic E-state index is -0.556. The van der Waals surface area contributed by atoms with Gasteiger partial charge in [0, 0.05) is 5.56 Å². The molecular weight excluding hydrogens is 173 g/mol. The molecule has 0 spiro atoms. The average molecular weight is 181 g/mol. The summed E-state index contributed by atoms with van der Waals surface area (Å²) in [6, 6.07) is 4.10. The van der Waals surface area contributed by atoms with Gasteiger partial charge in [-0.05, 0) is 11.6 Å². The van der Waals surface area contributed by atoms with Crippen molar-refractivity contribution in [1.29, 1.82) is 0 Å². The fourth-order valence-corrected chi connectivity index (χ4v) is 1.49. The van der Waals surface area contributed by atoms with Gasteiger partial charge in [0.2, 0.25) is 0 Å². The summed E-state index contributed by atoms with van der Waals surface area (Å²) in [5, 5.41) is 2.89. The lowest BCUT2D eigenvalue weighted by Crippen LogP contribution is -2.16. The van der Waals surface area contributed by atoms with E-state index in [4.69, 9.17) is 4.74 Å². The fraction of sp³-hybridized carbons (Fsp3) is 0.333. The van der Waals surface area contributed by atoms with Gasteiger partial charge in [0.15, 0.2) is 0 Å². The highest BCUT2D eigenvalue weighted by Gasteiger charge is 2.23. The van der Waals surface area contributed by atoms with Crippen LogP contribution in [-0.2, 0) is 11.3 Å². The van der Waals surface area contributed by atoms with Gasteiger partial charge in [-0.3, -0.25) is 0 Å². The van der Waals surface area contributed by atoms with Crippen LogP contribution in [0.1, 0.15) is 17.2 Å². The molecule has 0 aliphatic carbocycles. The van der Waals surface area contributed by atoms with E-state index in [-0.39, 0.29) is 19.0 Å². The molecule has 1 aliphatic heterocycles. The van der Waals surface area contributed by atoms with Gasteiger partial charge >= 0.3 is 0 Å². The van der Waals surface area contributed by atoms with E-state index < -0.39 is 6.04 Å². The number of hydrogen-bond donors (Lipinski definition) is 0. The zero-order valence-electron chi connectivity index (χ0n) is 6.87. The summed E-state index contributed by atoms with van der Waals surface area (Å²) < 4.78 is 18.2. The highest BCUT2D eigenvalue weighted by molar-refractivity contribution is 5.32. The van der Waals surface area contributed by atoms with Crippen molar-refractivity contribution in [3.05, 3.63) is 40.1 Å². The van der Waals surface area contributed by atoms with E-state index in [2.05, 4.69) is 5.18 Å². The smallest absolute Gasteiger partial charge is 0.141 e. The Bertz CT molecular complexity index is 340. The van der Waals surface area contributed by atoms with Crippen molar-refractivity contribution in [2.45, 2.75) is 12.6 Å². The van der Waals surface area contributed by atoms with Crippen LogP contribution < -0.4 is 0 Å². The molecule has 1 aromatic rings. The number of nitrogens with zero attached hydrogens (tertiary/aromatic N) is 1. The number of fused-ring (bicyclic) bond motifs is 1. The van der Waals surface area contributed by atoms with Crippen molar-refractivity contribution in [3.63, 3.8) is 0 Å². The van der Waals surface area contributed by atoms with Crippen LogP contribution in [0.4, 0.5) is 4.39 Å². The summed E-state index contributed by atoms with van der Waals surface area (Å²) in [5.41, 5.74) is 1.11. The molecule has 1 aromatic carbocycles. The molecule has 1 aliphatic rings. The predicted octanol–water partition coefficient (Wildman–Crippen LogP) is 2.16. The van der Waals surface area contributed by atoms with Gasteiger partial charge in [-0.1, -0.05) is 17.3 Å². The maximum absolute atomic E-state index is 13.2. The number of benzene rings is 1. The van der Waals surface area contributed by atoms with Crippen molar-refractivity contribution in [1.82, 2.24) is 0 Å². The molecule has 68 valence electrons. The summed E-state index contributed by atoms with van der Waals surface area (Å²) in [6.45, 7) is 0.480. The highest BCUT2D eigenvalue weighted by Crippen LogP contribution is 2.28. The molecule has 0 bridgehead atoms. The lowest BCUT2D eigenvalue weighted by molar-refractivity contribution is 0.0897. The maximum Gasteiger partial charge on any atom is 0.141 e. The van der Waals surface area contributed by atoms with Gasteiger partial charge in [-0.15, -0.1) is 0 Å². The Hall–Kier alpha value is -1.29. The first kappa shape index (κ1) is 8.31. The normalized spacial score (nSPS) is 20.8. The van der Waals surface area contributed by atoms with E-state index >= 15 is 0 Å². The van der Waals surface area contributed by atoms with Crippen LogP contribution in [0, 0.1) is 10.7 Å². The van der Waals surface area contributed by atoms with E-state index in [1.807, 2.05) is 0 Å². The zero-order valence-corrected chi connectivity index (χ0v) is 6.87. The summed E-state index contributed by atoms with van der Waals surface area (Å²) in [7, 11) is 0.